The van der Waals surface area contributed by atoms with Crippen LogP contribution < -0.4 is 0 Å². The molecule has 0 unspecified atom stereocenters. The van der Waals surface area contributed by atoms with Crippen molar-refractivity contribution in [2.24, 2.45) is 0 Å². The van der Waals surface area contributed by atoms with Gasteiger partial charge in [0.05, 0.1) is 6.61 Å². The van der Waals surface area contributed by atoms with Crippen molar-refractivity contribution in [1.29, 1.82) is 0 Å². The Kier molecular flexibility index (Phi) is 6.27. The van der Waals surface area contributed by atoms with Crippen molar-refractivity contribution in [3.8, 4) is 0 Å². The SMILES string of the molecule is CC(C)N(C[C@@H]1CCCN1CCO)C(=O)OC(C)(C)C. The van der Waals surface area contributed by atoms with Crippen LogP contribution in [0.4, 0.5) is 4.79 Å². The van der Waals surface area contributed by atoms with Gasteiger partial charge in [-0.05, 0) is 54.0 Å². The number of carbonyl (C=O) groups is 1. The van der Waals surface area contributed by atoms with Gasteiger partial charge in [0, 0.05) is 25.2 Å². The van der Waals surface area contributed by atoms with Gasteiger partial charge in [-0.2, -0.15) is 0 Å². The fourth-order valence-electron chi connectivity index (χ4n) is 2.57. The van der Waals surface area contributed by atoms with E-state index in [1.54, 1.807) is 4.90 Å². The summed E-state index contributed by atoms with van der Waals surface area (Å²) in [6, 6.07) is 0.443. The highest BCUT2D eigenvalue weighted by atomic mass is 16.6. The van der Waals surface area contributed by atoms with Gasteiger partial charge < -0.3 is 14.7 Å². The molecule has 1 amide bonds. The first-order chi connectivity index (χ1) is 9.24. The van der Waals surface area contributed by atoms with Crippen LogP contribution in [0.3, 0.4) is 0 Å². The molecular weight excluding hydrogens is 256 g/mol. The topological polar surface area (TPSA) is 53.0 Å². The molecule has 20 heavy (non-hydrogen) atoms. The summed E-state index contributed by atoms with van der Waals surface area (Å²) in [5, 5.41) is 9.10. The Morgan fingerprint density at radius 3 is 2.60 bits per heavy atom. The zero-order valence-corrected chi connectivity index (χ0v) is 13.6. The van der Waals surface area contributed by atoms with Crippen molar-refractivity contribution in [2.75, 3.05) is 26.2 Å². The largest absolute Gasteiger partial charge is 0.444 e. The van der Waals surface area contributed by atoms with Crippen molar-refractivity contribution >= 4 is 6.09 Å². The van der Waals surface area contributed by atoms with Gasteiger partial charge in [0.15, 0.2) is 0 Å². The summed E-state index contributed by atoms with van der Waals surface area (Å²) >= 11 is 0. The molecule has 1 aliphatic heterocycles. The first-order valence-corrected chi connectivity index (χ1v) is 7.59. The summed E-state index contributed by atoms with van der Waals surface area (Å²) < 4.78 is 5.49. The maximum absolute atomic E-state index is 12.3. The number of rotatable bonds is 5. The Labute approximate surface area is 122 Å². The zero-order valence-electron chi connectivity index (χ0n) is 13.6. The molecule has 1 heterocycles. The van der Waals surface area contributed by atoms with E-state index in [9.17, 15) is 4.79 Å². The van der Waals surface area contributed by atoms with Crippen molar-refractivity contribution in [3.63, 3.8) is 0 Å². The van der Waals surface area contributed by atoms with Gasteiger partial charge in [0.1, 0.15) is 5.60 Å². The molecule has 1 N–H and O–H groups in total. The van der Waals surface area contributed by atoms with E-state index in [-0.39, 0.29) is 18.7 Å². The van der Waals surface area contributed by atoms with E-state index in [4.69, 9.17) is 9.84 Å². The van der Waals surface area contributed by atoms with Crippen molar-refractivity contribution < 1.29 is 14.6 Å². The summed E-state index contributed by atoms with van der Waals surface area (Å²) in [4.78, 5) is 16.3. The van der Waals surface area contributed by atoms with Crippen LogP contribution in [0, 0.1) is 0 Å². The number of likely N-dealkylation sites (tertiary alicyclic amines) is 1. The Balaban J connectivity index is 2.65. The lowest BCUT2D eigenvalue weighted by Crippen LogP contribution is -2.48. The molecule has 1 atom stereocenters. The summed E-state index contributed by atoms with van der Waals surface area (Å²) in [6.45, 7) is 12.2. The fourth-order valence-corrected chi connectivity index (χ4v) is 2.57. The minimum atomic E-state index is -0.468. The molecule has 0 aliphatic carbocycles. The minimum absolute atomic E-state index is 0.112. The number of β-amino-alcohol motifs (C(OH)–C–C–N with tert-alkyl or cyclic N) is 1. The molecule has 118 valence electrons. The van der Waals surface area contributed by atoms with E-state index in [0.29, 0.717) is 19.1 Å². The molecule has 1 rings (SSSR count). The lowest BCUT2D eigenvalue weighted by atomic mass is 10.2. The number of aliphatic hydroxyl groups is 1. The van der Waals surface area contributed by atoms with E-state index in [2.05, 4.69) is 4.90 Å². The fraction of sp³-hybridized carbons (Fsp3) is 0.933. The summed E-state index contributed by atoms with van der Waals surface area (Å²) in [5.41, 5.74) is -0.468. The first kappa shape index (κ1) is 17.2. The van der Waals surface area contributed by atoms with Gasteiger partial charge in [-0.3, -0.25) is 4.90 Å². The predicted molar refractivity (Wildman–Crippen MR) is 79.8 cm³/mol. The van der Waals surface area contributed by atoms with Gasteiger partial charge in [0.25, 0.3) is 0 Å². The normalized spacial score (nSPS) is 20.4. The van der Waals surface area contributed by atoms with E-state index >= 15 is 0 Å². The standard InChI is InChI=1S/C15H30N2O3/c1-12(2)17(14(19)20-15(3,4)5)11-13-7-6-8-16(13)9-10-18/h12-13,18H,6-11H2,1-5H3/t13-/m0/s1. The average molecular weight is 286 g/mol. The highest BCUT2D eigenvalue weighted by molar-refractivity contribution is 5.68. The minimum Gasteiger partial charge on any atom is -0.444 e. The van der Waals surface area contributed by atoms with Crippen LogP contribution >= 0.6 is 0 Å². The number of aliphatic hydroxyl groups excluding tert-OH is 1. The molecule has 0 spiro atoms. The van der Waals surface area contributed by atoms with Crippen LogP contribution in [-0.4, -0.2) is 64.9 Å². The Morgan fingerprint density at radius 1 is 1.45 bits per heavy atom. The van der Waals surface area contributed by atoms with Gasteiger partial charge in [-0.25, -0.2) is 4.79 Å². The second-order valence-electron chi connectivity index (χ2n) is 6.78. The van der Waals surface area contributed by atoms with Crippen molar-refractivity contribution in [2.45, 2.75) is 65.1 Å². The third-order valence-electron chi connectivity index (χ3n) is 3.55. The van der Waals surface area contributed by atoms with Crippen LogP contribution in [0.15, 0.2) is 0 Å². The van der Waals surface area contributed by atoms with Crippen LogP contribution in [0.5, 0.6) is 0 Å². The maximum atomic E-state index is 12.3. The van der Waals surface area contributed by atoms with Crippen LogP contribution in [0.1, 0.15) is 47.5 Å². The van der Waals surface area contributed by atoms with E-state index < -0.39 is 5.60 Å². The zero-order chi connectivity index (χ0) is 15.3. The number of nitrogens with zero attached hydrogens (tertiary/aromatic N) is 2. The molecule has 0 saturated carbocycles. The molecule has 0 radical (unpaired) electrons. The Morgan fingerprint density at radius 2 is 2.10 bits per heavy atom. The molecular formula is C15H30N2O3. The van der Waals surface area contributed by atoms with Gasteiger partial charge in [-0.1, -0.05) is 0 Å². The number of hydrogen-bond acceptors (Lipinski definition) is 4. The highest BCUT2D eigenvalue weighted by Gasteiger charge is 2.31. The molecule has 0 aromatic heterocycles. The molecule has 1 aliphatic rings. The molecule has 1 saturated heterocycles. The second-order valence-corrected chi connectivity index (χ2v) is 6.78. The number of amides is 1. The van der Waals surface area contributed by atoms with Crippen LogP contribution in [0.25, 0.3) is 0 Å². The van der Waals surface area contributed by atoms with E-state index in [1.807, 2.05) is 34.6 Å². The molecule has 0 bridgehead atoms. The Hall–Kier alpha value is -0.810. The average Bonchev–Trinajstić information content (AvgIpc) is 2.71. The quantitative estimate of drug-likeness (QED) is 0.841. The molecule has 0 aromatic rings. The monoisotopic (exact) mass is 286 g/mol. The number of hydrogen-bond donors (Lipinski definition) is 1. The molecule has 1 fully saturated rings. The third-order valence-corrected chi connectivity index (χ3v) is 3.55. The highest BCUT2D eigenvalue weighted by Crippen LogP contribution is 2.20. The molecule has 0 aromatic carbocycles. The van der Waals surface area contributed by atoms with Gasteiger partial charge in [-0.15, -0.1) is 0 Å². The summed E-state index contributed by atoms with van der Waals surface area (Å²) in [6.07, 6.45) is 1.96. The van der Waals surface area contributed by atoms with Gasteiger partial charge in [0.2, 0.25) is 0 Å². The predicted octanol–water partition coefficient (Wildman–Crippen LogP) is 2.09. The lowest BCUT2D eigenvalue weighted by molar-refractivity contribution is 0.0134. The second kappa shape index (κ2) is 7.27. The summed E-state index contributed by atoms with van der Waals surface area (Å²) in [5.74, 6) is 0. The maximum Gasteiger partial charge on any atom is 0.410 e. The van der Waals surface area contributed by atoms with Crippen molar-refractivity contribution in [3.05, 3.63) is 0 Å². The molecule has 5 nitrogen and oxygen atoms in total. The molecule has 5 heteroatoms. The van der Waals surface area contributed by atoms with Crippen LogP contribution in [0.2, 0.25) is 0 Å². The van der Waals surface area contributed by atoms with Crippen LogP contribution in [-0.2, 0) is 4.74 Å². The van der Waals surface area contributed by atoms with Crippen molar-refractivity contribution in [1.82, 2.24) is 9.80 Å². The summed E-state index contributed by atoms with van der Waals surface area (Å²) in [7, 11) is 0. The van der Waals surface area contributed by atoms with E-state index in [0.717, 1.165) is 19.4 Å². The lowest BCUT2D eigenvalue weighted by Gasteiger charge is -2.34. The third kappa shape index (κ3) is 5.29. The first-order valence-electron chi connectivity index (χ1n) is 7.59. The number of carbonyl (C=O) groups excluding carboxylic acids is 1. The Bertz CT molecular complexity index is 313. The smallest absolute Gasteiger partial charge is 0.410 e. The van der Waals surface area contributed by atoms with E-state index in [1.165, 1.54) is 0 Å². The number of ether oxygens (including phenoxy) is 1. The van der Waals surface area contributed by atoms with Gasteiger partial charge >= 0.3 is 6.09 Å².